The van der Waals surface area contributed by atoms with Crippen molar-refractivity contribution in [1.82, 2.24) is 5.43 Å². The second kappa shape index (κ2) is 4.55. The van der Waals surface area contributed by atoms with Gasteiger partial charge in [-0.2, -0.15) is 0 Å². The van der Waals surface area contributed by atoms with Gasteiger partial charge in [-0.1, -0.05) is 18.2 Å². The maximum atomic E-state index is 5.94. The van der Waals surface area contributed by atoms with Gasteiger partial charge in [0.05, 0.1) is 0 Å². The van der Waals surface area contributed by atoms with Crippen molar-refractivity contribution in [3.8, 4) is 0 Å². The van der Waals surface area contributed by atoms with E-state index < -0.39 is 0 Å². The Morgan fingerprint density at radius 3 is 2.71 bits per heavy atom. The lowest BCUT2D eigenvalue weighted by molar-refractivity contribution is 0.365. The molecule has 110 valence electrons. The van der Waals surface area contributed by atoms with Crippen molar-refractivity contribution < 1.29 is 0 Å². The number of nitrogens with two attached hydrogens (primary N) is 1. The van der Waals surface area contributed by atoms with Crippen molar-refractivity contribution in [2.45, 2.75) is 31.7 Å². The molecule has 3 N–H and O–H groups in total. The smallest absolute Gasteiger partial charge is 0.0345 e. The predicted octanol–water partition coefficient (Wildman–Crippen LogP) is 3.57. The SMILES string of the molecule is NNC(Cc1csc2ccccc12)C1C2C3CCC(C3)C21. The molecular weight excluding hydrogens is 276 g/mol. The molecule has 21 heavy (non-hydrogen) atoms. The van der Waals surface area contributed by atoms with Crippen LogP contribution in [0.1, 0.15) is 24.8 Å². The van der Waals surface area contributed by atoms with E-state index in [0.717, 1.165) is 36.0 Å². The number of hydrogen-bond donors (Lipinski definition) is 2. The second-order valence-electron chi connectivity index (χ2n) is 7.30. The van der Waals surface area contributed by atoms with Crippen LogP contribution in [0.25, 0.3) is 10.1 Å². The molecule has 2 aromatic rings. The quantitative estimate of drug-likeness (QED) is 0.669. The van der Waals surface area contributed by atoms with Crippen LogP contribution in [0.2, 0.25) is 0 Å². The van der Waals surface area contributed by atoms with Crippen molar-refractivity contribution in [3.63, 3.8) is 0 Å². The number of hydrazine groups is 1. The molecule has 1 aromatic carbocycles. The Morgan fingerprint density at radius 1 is 1.19 bits per heavy atom. The molecule has 5 rings (SSSR count). The first-order chi connectivity index (χ1) is 10.4. The summed E-state index contributed by atoms with van der Waals surface area (Å²) in [6.45, 7) is 0. The van der Waals surface area contributed by atoms with E-state index in [1.54, 1.807) is 0 Å². The summed E-state index contributed by atoms with van der Waals surface area (Å²) in [6.07, 6.45) is 5.59. The number of benzene rings is 1. The van der Waals surface area contributed by atoms with E-state index in [2.05, 4.69) is 35.1 Å². The van der Waals surface area contributed by atoms with Crippen LogP contribution < -0.4 is 11.3 Å². The summed E-state index contributed by atoms with van der Waals surface area (Å²) in [7, 11) is 0. The van der Waals surface area contributed by atoms with Crippen molar-refractivity contribution in [1.29, 1.82) is 0 Å². The van der Waals surface area contributed by atoms with Crippen LogP contribution in [-0.4, -0.2) is 6.04 Å². The average molecular weight is 298 g/mol. The number of hydrogen-bond acceptors (Lipinski definition) is 3. The molecule has 2 nitrogen and oxygen atoms in total. The fourth-order valence-corrected chi connectivity index (χ4v) is 6.64. The van der Waals surface area contributed by atoms with Crippen LogP contribution in [-0.2, 0) is 6.42 Å². The van der Waals surface area contributed by atoms with E-state index in [9.17, 15) is 0 Å². The lowest BCUT2D eigenvalue weighted by atomic mass is 9.93. The topological polar surface area (TPSA) is 38.0 Å². The lowest BCUT2D eigenvalue weighted by Gasteiger charge is -2.19. The molecule has 3 fully saturated rings. The zero-order valence-corrected chi connectivity index (χ0v) is 13.0. The largest absolute Gasteiger partial charge is 0.271 e. The second-order valence-corrected chi connectivity index (χ2v) is 8.21. The van der Waals surface area contributed by atoms with Crippen LogP contribution in [0.15, 0.2) is 29.6 Å². The average Bonchev–Trinajstić information content (AvgIpc) is 2.88. The molecule has 0 radical (unpaired) electrons. The van der Waals surface area contributed by atoms with Crippen molar-refractivity contribution in [2.75, 3.05) is 0 Å². The standard InChI is InChI=1S/C18H22N2S/c19-20-14(18-16-10-5-6-11(7-10)17(16)18)8-12-9-21-15-4-2-1-3-13(12)15/h1-4,9-11,14,16-18,20H,5-8,19H2. The molecule has 3 saturated carbocycles. The molecule has 5 atom stereocenters. The van der Waals surface area contributed by atoms with Crippen molar-refractivity contribution in [2.24, 2.45) is 35.4 Å². The normalized spacial score (nSPS) is 37.9. The van der Waals surface area contributed by atoms with E-state index >= 15 is 0 Å². The summed E-state index contributed by atoms with van der Waals surface area (Å²) < 4.78 is 1.40. The minimum Gasteiger partial charge on any atom is -0.271 e. The first-order valence-corrected chi connectivity index (χ1v) is 9.16. The number of fused-ring (bicyclic) bond motifs is 6. The highest BCUT2D eigenvalue weighted by Gasteiger charge is 2.66. The number of rotatable bonds is 4. The van der Waals surface area contributed by atoms with Crippen LogP contribution in [0, 0.1) is 29.6 Å². The third-order valence-corrected chi connectivity index (χ3v) is 7.49. The minimum atomic E-state index is 0.474. The molecule has 0 spiro atoms. The Labute approximate surface area is 129 Å². The van der Waals surface area contributed by atoms with Crippen molar-refractivity contribution in [3.05, 3.63) is 35.2 Å². The molecule has 0 saturated heterocycles. The maximum Gasteiger partial charge on any atom is 0.0345 e. The molecular formula is C18H22N2S. The van der Waals surface area contributed by atoms with Gasteiger partial charge in [0.15, 0.2) is 0 Å². The van der Waals surface area contributed by atoms with Gasteiger partial charge in [-0.05, 0) is 77.7 Å². The van der Waals surface area contributed by atoms with E-state index in [1.807, 2.05) is 11.3 Å². The third kappa shape index (κ3) is 1.77. The Balaban J connectivity index is 1.40. The Kier molecular flexibility index (Phi) is 2.73. The summed E-state index contributed by atoms with van der Waals surface area (Å²) in [5.41, 5.74) is 4.65. The van der Waals surface area contributed by atoms with Gasteiger partial charge in [-0.15, -0.1) is 11.3 Å². The fraction of sp³-hybridized carbons (Fsp3) is 0.556. The van der Waals surface area contributed by atoms with E-state index in [1.165, 1.54) is 34.9 Å². The fourth-order valence-electron chi connectivity index (χ4n) is 5.66. The Hall–Kier alpha value is -0.900. The predicted molar refractivity (Wildman–Crippen MR) is 87.9 cm³/mol. The van der Waals surface area contributed by atoms with Gasteiger partial charge in [0.25, 0.3) is 0 Å². The number of thiophene rings is 1. The van der Waals surface area contributed by atoms with Gasteiger partial charge in [0, 0.05) is 10.7 Å². The molecule has 2 bridgehead atoms. The summed E-state index contributed by atoms with van der Waals surface area (Å²) in [5.74, 6) is 10.8. The van der Waals surface area contributed by atoms with Crippen molar-refractivity contribution >= 4 is 21.4 Å². The molecule has 1 heterocycles. The van der Waals surface area contributed by atoms with Gasteiger partial charge >= 0.3 is 0 Å². The van der Waals surface area contributed by atoms with Gasteiger partial charge in [-0.3, -0.25) is 11.3 Å². The molecule has 3 aliphatic rings. The Morgan fingerprint density at radius 2 is 1.95 bits per heavy atom. The lowest BCUT2D eigenvalue weighted by Crippen LogP contribution is -2.40. The van der Waals surface area contributed by atoms with Gasteiger partial charge in [0.1, 0.15) is 0 Å². The van der Waals surface area contributed by atoms with Crippen LogP contribution in [0.3, 0.4) is 0 Å². The monoisotopic (exact) mass is 298 g/mol. The van der Waals surface area contributed by atoms with Crippen LogP contribution in [0.5, 0.6) is 0 Å². The zero-order valence-electron chi connectivity index (χ0n) is 12.2. The molecule has 3 aliphatic carbocycles. The summed E-state index contributed by atoms with van der Waals surface area (Å²) in [5, 5.41) is 3.76. The first kappa shape index (κ1) is 12.6. The van der Waals surface area contributed by atoms with Crippen LogP contribution in [0.4, 0.5) is 0 Å². The highest BCUT2D eigenvalue weighted by Crippen LogP contribution is 2.70. The Bertz CT molecular complexity index is 663. The van der Waals surface area contributed by atoms with E-state index in [0.29, 0.717) is 6.04 Å². The molecule has 0 aliphatic heterocycles. The molecule has 1 aromatic heterocycles. The minimum absolute atomic E-state index is 0.474. The molecule has 3 heteroatoms. The summed E-state index contributed by atoms with van der Waals surface area (Å²) in [4.78, 5) is 0. The van der Waals surface area contributed by atoms with E-state index in [4.69, 9.17) is 5.84 Å². The van der Waals surface area contributed by atoms with Gasteiger partial charge in [0.2, 0.25) is 0 Å². The molecule has 5 unspecified atom stereocenters. The highest BCUT2D eigenvalue weighted by molar-refractivity contribution is 7.17. The first-order valence-electron chi connectivity index (χ1n) is 8.28. The van der Waals surface area contributed by atoms with E-state index in [-0.39, 0.29) is 0 Å². The molecule has 0 amide bonds. The zero-order chi connectivity index (χ0) is 14.0. The van der Waals surface area contributed by atoms with Gasteiger partial charge in [-0.25, -0.2) is 0 Å². The highest BCUT2D eigenvalue weighted by atomic mass is 32.1. The summed E-state index contributed by atoms with van der Waals surface area (Å²) >= 11 is 1.86. The third-order valence-electron chi connectivity index (χ3n) is 6.47. The maximum absolute atomic E-state index is 5.94. The van der Waals surface area contributed by atoms with Crippen LogP contribution >= 0.6 is 11.3 Å². The summed E-state index contributed by atoms with van der Waals surface area (Å²) in [6, 6.07) is 9.23. The van der Waals surface area contributed by atoms with Gasteiger partial charge < -0.3 is 0 Å². The number of nitrogens with one attached hydrogen (secondary N) is 1.